The second-order valence-electron chi connectivity index (χ2n) is 4.15. The minimum atomic E-state index is -0.376. The van der Waals surface area contributed by atoms with Gasteiger partial charge in [0, 0.05) is 0 Å². The van der Waals surface area contributed by atoms with Crippen LogP contribution in [0.2, 0.25) is 0 Å². The Morgan fingerprint density at radius 1 is 1.50 bits per heavy atom. The first-order valence-corrected chi connectivity index (χ1v) is 5.44. The van der Waals surface area contributed by atoms with Crippen LogP contribution < -0.4 is 10.1 Å². The molecule has 0 aliphatic carbocycles. The van der Waals surface area contributed by atoms with Gasteiger partial charge in [0.1, 0.15) is 6.10 Å². The van der Waals surface area contributed by atoms with Crippen LogP contribution in [0.5, 0.6) is 5.75 Å². The van der Waals surface area contributed by atoms with Gasteiger partial charge in [-0.1, -0.05) is 17.7 Å². The minimum absolute atomic E-state index is 0. The summed E-state index contributed by atoms with van der Waals surface area (Å²) in [4.78, 5) is 10.9. The van der Waals surface area contributed by atoms with E-state index in [2.05, 4.69) is 12.2 Å². The van der Waals surface area contributed by atoms with Crippen LogP contribution in [0.15, 0.2) is 18.2 Å². The average molecular weight is 471 g/mol. The summed E-state index contributed by atoms with van der Waals surface area (Å²) in [5.74, 6) is 0.728. The van der Waals surface area contributed by atoms with Crippen molar-refractivity contribution < 1.29 is 45.4 Å². The van der Waals surface area contributed by atoms with E-state index in [0.717, 1.165) is 23.0 Å². The van der Waals surface area contributed by atoms with E-state index >= 15 is 0 Å². The molecule has 1 aromatic carbocycles. The number of alkyl carbamates (subject to hydrolysis) is 1. The fraction of sp³-hybridized carbons (Fsp3) is 0.308. The Morgan fingerprint density at radius 3 is 2.72 bits per heavy atom. The number of rotatable bonds is 3. The molecule has 1 saturated heterocycles. The first-order valence-electron chi connectivity index (χ1n) is 5.44. The van der Waals surface area contributed by atoms with Gasteiger partial charge in [0.05, 0.1) is 6.54 Å². The van der Waals surface area contributed by atoms with Crippen LogP contribution in [-0.2, 0) is 4.74 Å². The Labute approximate surface area is 131 Å². The van der Waals surface area contributed by atoms with Crippen molar-refractivity contribution in [3.63, 3.8) is 0 Å². The molecule has 0 aromatic heterocycles. The van der Waals surface area contributed by atoms with Gasteiger partial charge in [-0.2, -0.15) is 38.5 Å². The number of nitrogens with one attached hydrogen (secondary N) is 1. The monoisotopic (exact) mass is 471 g/mol. The van der Waals surface area contributed by atoms with Crippen molar-refractivity contribution in [3.8, 4) is 5.75 Å². The summed E-state index contributed by atoms with van der Waals surface area (Å²) in [5.41, 5.74) is 1.71. The number of ether oxygens (including phenoxy) is 2. The second kappa shape index (κ2) is 6.40. The Balaban J connectivity index is 0.00000162. The van der Waals surface area contributed by atoms with Crippen molar-refractivity contribution >= 4 is 6.09 Å². The van der Waals surface area contributed by atoms with Gasteiger partial charge in [0.2, 0.25) is 0 Å². The third kappa shape index (κ3) is 3.60. The molecule has 2 rings (SSSR count). The summed E-state index contributed by atoms with van der Waals surface area (Å²) < 4.78 is 10.6. The van der Waals surface area contributed by atoms with Crippen LogP contribution in [0.3, 0.4) is 0 Å². The third-order valence-corrected chi connectivity index (χ3v) is 2.45. The first kappa shape index (κ1) is 15.3. The molecule has 1 aliphatic heterocycles. The number of benzene rings is 1. The maximum absolute atomic E-state index is 10.9. The van der Waals surface area contributed by atoms with E-state index in [1.807, 2.05) is 32.0 Å². The molecule has 1 aromatic rings. The van der Waals surface area contributed by atoms with E-state index in [-0.39, 0.29) is 43.3 Å². The van der Waals surface area contributed by atoms with Gasteiger partial charge in [0.25, 0.3) is 0 Å². The predicted octanol–water partition coefficient (Wildman–Crippen LogP) is 2.60. The van der Waals surface area contributed by atoms with E-state index in [9.17, 15) is 4.79 Å². The molecular weight excluding hydrogens is 456 g/mol. The van der Waals surface area contributed by atoms with Crippen molar-refractivity contribution in [2.75, 3.05) is 6.54 Å². The van der Waals surface area contributed by atoms with Crippen molar-refractivity contribution in [2.45, 2.75) is 20.0 Å². The zero-order valence-electron chi connectivity index (χ0n) is 10.4. The molecule has 1 atom stereocenters. The number of hydrogen-bond acceptors (Lipinski definition) is 3. The Bertz CT molecular complexity index is 434. The van der Waals surface area contributed by atoms with Crippen LogP contribution in [0.25, 0.3) is 0 Å². The second-order valence-corrected chi connectivity index (χ2v) is 4.15. The molecule has 94 valence electrons. The zero-order valence-corrected chi connectivity index (χ0v) is 14.6. The van der Waals surface area contributed by atoms with E-state index in [1.54, 1.807) is 0 Å². The van der Waals surface area contributed by atoms with Gasteiger partial charge >= 0.3 is 37.2 Å². The average Bonchev–Trinajstić information content (AvgIpc) is 2.67. The molecule has 0 saturated carbocycles. The number of amides is 1. The van der Waals surface area contributed by atoms with Gasteiger partial charge in [-0.05, 0) is 5.75 Å². The Hall–Kier alpha value is -0.788. The fourth-order valence-electron chi connectivity index (χ4n) is 1.69. The summed E-state index contributed by atoms with van der Waals surface area (Å²) in [6.07, 6.45) is 0.249. The van der Waals surface area contributed by atoms with E-state index in [4.69, 9.17) is 9.47 Å². The summed E-state index contributed by atoms with van der Waals surface area (Å²) in [7, 11) is 0. The van der Waals surface area contributed by atoms with E-state index in [0.29, 0.717) is 6.54 Å². The summed E-state index contributed by atoms with van der Waals surface area (Å²) >= 11 is 0. The maximum atomic E-state index is 10.9. The Morgan fingerprint density at radius 2 is 2.22 bits per heavy atom. The standard InChI is InChI=1S/C13H15NO3.U/c1-8(2)16-11-5-4-10(6-9(11)3)12-7-14-13(15)17-12;/h4-6,12H,3,7H2,1-2H3,(H,14,15);/q-2;+2/t12-;/m0./s1. The first-order chi connectivity index (χ1) is 8.06. The normalized spacial score (nSPS) is 17.9. The SMILES string of the molecule is [CH2-]c1cc([C@@H]2CNC(=O)O2)ccc1O[C-](C)C.[U+2]. The van der Waals surface area contributed by atoms with E-state index < -0.39 is 0 Å². The molecule has 1 fully saturated rings. The maximum Gasteiger partial charge on any atom is 2.00 e. The Kier molecular flexibility index (Phi) is 5.43. The third-order valence-electron chi connectivity index (χ3n) is 2.45. The van der Waals surface area contributed by atoms with Crippen molar-refractivity contribution in [1.82, 2.24) is 5.32 Å². The number of cyclic esters (lactones) is 1. The molecule has 4 nitrogen and oxygen atoms in total. The molecule has 0 radical (unpaired) electrons. The van der Waals surface area contributed by atoms with Gasteiger partial charge < -0.3 is 14.8 Å². The van der Waals surface area contributed by atoms with Crippen LogP contribution in [0.4, 0.5) is 4.79 Å². The summed E-state index contributed by atoms with van der Waals surface area (Å²) in [6, 6.07) is 5.61. The van der Waals surface area contributed by atoms with Crippen molar-refractivity contribution in [1.29, 1.82) is 0 Å². The molecule has 0 bridgehead atoms. The molecule has 1 amide bonds. The molecule has 1 N–H and O–H groups in total. The van der Waals surface area contributed by atoms with Crippen molar-refractivity contribution in [2.24, 2.45) is 0 Å². The summed E-state index contributed by atoms with van der Waals surface area (Å²) in [6.45, 7) is 8.19. The molecular formula is C13H15NO3U. The van der Waals surface area contributed by atoms with Crippen molar-refractivity contribution in [3.05, 3.63) is 42.4 Å². The largest absolute Gasteiger partial charge is 2.00 e. The molecule has 1 aliphatic rings. The number of carbonyl (C=O) groups is 1. The van der Waals surface area contributed by atoms with Gasteiger partial charge in [0.15, 0.2) is 0 Å². The number of carbonyl (C=O) groups excluding carboxylic acids is 1. The van der Waals surface area contributed by atoms with Crippen LogP contribution in [0.1, 0.15) is 31.1 Å². The summed E-state index contributed by atoms with van der Waals surface area (Å²) in [5, 5.41) is 2.62. The fourth-order valence-corrected chi connectivity index (χ4v) is 1.69. The molecule has 1 heterocycles. The minimum Gasteiger partial charge on any atom is -0.716 e. The zero-order chi connectivity index (χ0) is 12.4. The topological polar surface area (TPSA) is 47.6 Å². The number of hydrogen-bond donors (Lipinski definition) is 1. The van der Waals surface area contributed by atoms with Crippen LogP contribution >= 0.6 is 0 Å². The molecule has 0 spiro atoms. The molecule has 0 unspecified atom stereocenters. The van der Waals surface area contributed by atoms with Gasteiger partial charge in [-0.25, -0.2) is 4.79 Å². The van der Waals surface area contributed by atoms with Gasteiger partial charge in [-0.3, -0.25) is 0 Å². The van der Waals surface area contributed by atoms with Gasteiger partial charge in [-0.15, -0.1) is 0 Å². The quantitative estimate of drug-likeness (QED) is 0.690. The predicted molar refractivity (Wildman–Crippen MR) is 63.3 cm³/mol. The van der Waals surface area contributed by atoms with Crippen LogP contribution in [0, 0.1) is 44.1 Å². The van der Waals surface area contributed by atoms with E-state index in [1.165, 1.54) is 0 Å². The van der Waals surface area contributed by atoms with Crippen LogP contribution in [-0.4, -0.2) is 12.6 Å². The molecule has 18 heavy (non-hydrogen) atoms. The molecule has 5 heteroatoms. The smallest absolute Gasteiger partial charge is 0.716 e.